The van der Waals surface area contributed by atoms with E-state index in [0.29, 0.717) is 25.3 Å². The summed E-state index contributed by atoms with van der Waals surface area (Å²) in [5.74, 6) is 0.750. The van der Waals surface area contributed by atoms with Gasteiger partial charge in [0.25, 0.3) is 0 Å². The van der Waals surface area contributed by atoms with Gasteiger partial charge in [-0.3, -0.25) is 4.90 Å². The fourth-order valence-corrected chi connectivity index (χ4v) is 2.13. The number of likely N-dealkylation sites (tertiary alicyclic amines) is 1. The number of hydrogen-bond acceptors (Lipinski definition) is 5. The molecule has 1 aliphatic rings. The van der Waals surface area contributed by atoms with E-state index >= 15 is 0 Å². The summed E-state index contributed by atoms with van der Waals surface area (Å²) in [4.78, 5) is 2.03. The van der Waals surface area contributed by atoms with Gasteiger partial charge in [0.05, 0.1) is 30.4 Å². The Balaban J connectivity index is 1.65. The summed E-state index contributed by atoms with van der Waals surface area (Å²) in [5, 5.41) is 27.5. The van der Waals surface area contributed by atoms with Crippen LogP contribution in [0.1, 0.15) is 12.0 Å². The van der Waals surface area contributed by atoms with Gasteiger partial charge < -0.3 is 14.9 Å². The van der Waals surface area contributed by atoms with Gasteiger partial charge in [-0.25, -0.2) is 0 Å². The average Bonchev–Trinajstić information content (AvgIpc) is 2.74. The molecule has 2 N–H and O–H groups in total. The van der Waals surface area contributed by atoms with Gasteiger partial charge in [-0.15, -0.1) is 0 Å². The molecule has 1 heterocycles. The Morgan fingerprint density at radius 1 is 1.21 bits per heavy atom. The summed E-state index contributed by atoms with van der Waals surface area (Å²) in [6.07, 6.45) is -0.418. The standard InChI is InChI=1S/C14H18N2O3/c15-8-11-2-4-12(5-3-11)19-7-1-6-16-9-13(17)14(18)10-16/h2-5,13-14,17-18H,1,6-7,9-10H2. The summed E-state index contributed by atoms with van der Waals surface area (Å²) >= 11 is 0. The predicted octanol–water partition coefficient (Wildman–Crippen LogP) is 0.365. The third kappa shape index (κ3) is 3.93. The largest absolute Gasteiger partial charge is 0.494 e. The van der Waals surface area contributed by atoms with Gasteiger partial charge in [-0.2, -0.15) is 5.26 Å². The van der Waals surface area contributed by atoms with Crippen LogP contribution in [0.5, 0.6) is 5.75 Å². The molecule has 1 aromatic rings. The van der Waals surface area contributed by atoms with Crippen LogP contribution < -0.4 is 4.74 Å². The maximum atomic E-state index is 9.40. The minimum Gasteiger partial charge on any atom is -0.494 e. The molecular formula is C14H18N2O3. The fourth-order valence-electron chi connectivity index (χ4n) is 2.13. The second kappa shape index (κ2) is 6.53. The van der Waals surface area contributed by atoms with Crippen molar-refractivity contribution in [2.75, 3.05) is 26.2 Å². The van der Waals surface area contributed by atoms with Crippen LogP contribution in [0.3, 0.4) is 0 Å². The van der Waals surface area contributed by atoms with Crippen molar-refractivity contribution in [1.29, 1.82) is 5.26 Å². The summed E-state index contributed by atoms with van der Waals surface area (Å²) in [7, 11) is 0. The molecule has 2 unspecified atom stereocenters. The number of ether oxygens (including phenoxy) is 1. The predicted molar refractivity (Wildman–Crippen MR) is 69.7 cm³/mol. The van der Waals surface area contributed by atoms with Gasteiger partial charge in [0, 0.05) is 19.6 Å². The monoisotopic (exact) mass is 262 g/mol. The highest BCUT2D eigenvalue weighted by Crippen LogP contribution is 2.13. The SMILES string of the molecule is N#Cc1ccc(OCCCN2CC(O)C(O)C2)cc1. The minimum atomic E-state index is -0.626. The zero-order valence-corrected chi connectivity index (χ0v) is 10.7. The van der Waals surface area contributed by atoms with Gasteiger partial charge in [0.1, 0.15) is 5.75 Å². The van der Waals surface area contributed by atoms with Gasteiger partial charge >= 0.3 is 0 Å². The third-order valence-corrected chi connectivity index (χ3v) is 3.21. The highest BCUT2D eigenvalue weighted by molar-refractivity contribution is 5.34. The Labute approximate surface area is 112 Å². The second-order valence-corrected chi connectivity index (χ2v) is 4.73. The van der Waals surface area contributed by atoms with Crippen molar-refractivity contribution < 1.29 is 14.9 Å². The van der Waals surface area contributed by atoms with E-state index in [1.165, 1.54) is 0 Å². The lowest BCUT2D eigenvalue weighted by Crippen LogP contribution is -2.24. The zero-order chi connectivity index (χ0) is 13.7. The highest BCUT2D eigenvalue weighted by Gasteiger charge is 2.28. The van der Waals surface area contributed by atoms with Gasteiger partial charge in [0.2, 0.25) is 0 Å². The molecule has 19 heavy (non-hydrogen) atoms. The maximum absolute atomic E-state index is 9.40. The molecule has 0 saturated carbocycles. The minimum absolute atomic E-state index is 0.526. The first kappa shape index (κ1) is 13.8. The van der Waals surface area contributed by atoms with Crippen molar-refractivity contribution in [2.45, 2.75) is 18.6 Å². The molecule has 2 rings (SSSR count). The smallest absolute Gasteiger partial charge is 0.119 e. The van der Waals surface area contributed by atoms with E-state index in [9.17, 15) is 10.2 Å². The number of benzene rings is 1. The molecule has 5 heteroatoms. The lowest BCUT2D eigenvalue weighted by atomic mass is 10.2. The van der Waals surface area contributed by atoms with E-state index in [1.807, 2.05) is 4.90 Å². The number of β-amino-alcohol motifs (C(OH)–C–C–N with tert-alkyl or cyclic N) is 2. The molecule has 102 valence electrons. The normalized spacial score (nSPS) is 23.2. The highest BCUT2D eigenvalue weighted by atomic mass is 16.5. The number of nitrogens with zero attached hydrogens (tertiary/aromatic N) is 2. The van der Waals surface area contributed by atoms with Crippen LogP contribution in [-0.4, -0.2) is 53.6 Å². The average molecular weight is 262 g/mol. The fraction of sp³-hybridized carbons (Fsp3) is 0.500. The molecule has 1 aromatic carbocycles. The molecule has 1 aliphatic heterocycles. The van der Waals surface area contributed by atoms with Crippen LogP contribution in [0.4, 0.5) is 0 Å². The Kier molecular flexibility index (Phi) is 4.74. The summed E-state index contributed by atoms with van der Waals surface area (Å²) in [5.41, 5.74) is 0.618. The molecule has 0 spiro atoms. The number of hydrogen-bond donors (Lipinski definition) is 2. The van der Waals surface area contributed by atoms with Crippen molar-refractivity contribution in [3.05, 3.63) is 29.8 Å². The summed E-state index contributed by atoms with van der Waals surface area (Å²) in [6, 6.07) is 9.07. The van der Waals surface area contributed by atoms with Crippen molar-refractivity contribution in [1.82, 2.24) is 4.90 Å². The van der Waals surface area contributed by atoms with Crippen LogP contribution in [0.15, 0.2) is 24.3 Å². The van der Waals surface area contributed by atoms with Crippen molar-refractivity contribution in [3.63, 3.8) is 0 Å². The van der Waals surface area contributed by atoms with E-state index in [1.54, 1.807) is 24.3 Å². The van der Waals surface area contributed by atoms with E-state index in [2.05, 4.69) is 6.07 Å². The van der Waals surface area contributed by atoms with Crippen LogP contribution in [0.2, 0.25) is 0 Å². The Morgan fingerprint density at radius 3 is 2.42 bits per heavy atom. The van der Waals surface area contributed by atoms with Crippen LogP contribution >= 0.6 is 0 Å². The Morgan fingerprint density at radius 2 is 1.84 bits per heavy atom. The van der Waals surface area contributed by atoms with E-state index in [4.69, 9.17) is 10.00 Å². The molecule has 0 bridgehead atoms. The Bertz CT molecular complexity index is 431. The summed E-state index contributed by atoms with van der Waals surface area (Å²) < 4.78 is 5.56. The van der Waals surface area contributed by atoms with Crippen molar-refractivity contribution in [3.8, 4) is 11.8 Å². The van der Waals surface area contributed by atoms with E-state index in [0.717, 1.165) is 18.7 Å². The Hall–Kier alpha value is -1.61. The van der Waals surface area contributed by atoms with E-state index in [-0.39, 0.29) is 0 Å². The lowest BCUT2D eigenvalue weighted by molar-refractivity contribution is 0.0572. The number of aliphatic hydroxyl groups excluding tert-OH is 2. The van der Waals surface area contributed by atoms with Crippen molar-refractivity contribution >= 4 is 0 Å². The number of nitriles is 1. The third-order valence-electron chi connectivity index (χ3n) is 3.21. The molecule has 0 aliphatic carbocycles. The van der Waals surface area contributed by atoms with Gasteiger partial charge in [-0.05, 0) is 30.7 Å². The quantitative estimate of drug-likeness (QED) is 0.749. The molecule has 1 saturated heterocycles. The molecule has 1 fully saturated rings. The molecule has 0 aromatic heterocycles. The van der Waals surface area contributed by atoms with Gasteiger partial charge in [0.15, 0.2) is 0 Å². The first-order valence-corrected chi connectivity index (χ1v) is 6.40. The zero-order valence-electron chi connectivity index (χ0n) is 10.7. The van der Waals surface area contributed by atoms with Crippen molar-refractivity contribution in [2.24, 2.45) is 0 Å². The lowest BCUT2D eigenvalue weighted by Gasteiger charge is -2.14. The molecule has 2 atom stereocenters. The summed E-state index contributed by atoms with van der Waals surface area (Å²) in [6.45, 7) is 2.43. The van der Waals surface area contributed by atoms with Crippen LogP contribution in [-0.2, 0) is 0 Å². The first-order chi connectivity index (χ1) is 9.19. The van der Waals surface area contributed by atoms with E-state index < -0.39 is 12.2 Å². The maximum Gasteiger partial charge on any atom is 0.119 e. The topological polar surface area (TPSA) is 76.7 Å². The second-order valence-electron chi connectivity index (χ2n) is 4.73. The number of aliphatic hydroxyl groups is 2. The molecule has 0 radical (unpaired) electrons. The van der Waals surface area contributed by atoms with Crippen LogP contribution in [0.25, 0.3) is 0 Å². The first-order valence-electron chi connectivity index (χ1n) is 6.40. The van der Waals surface area contributed by atoms with Crippen LogP contribution in [0, 0.1) is 11.3 Å². The van der Waals surface area contributed by atoms with Gasteiger partial charge in [-0.1, -0.05) is 0 Å². The molecule has 0 amide bonds. The molecular weight excluding hydrogens is 244 g/mol. The molecule has 5 nitrogen and oxygen atoms in total. The number of rotatable bonds is 5.